The molecule has 4 nitrogen and oxygen atoms in total. The van der Waals surface area contributed by atoms with Gasteiger partial charge in [0.2, 0.25) is 0 Å². The van der Waals surface area contributed by atoms with E-state index in [0.29, 0.717) is 12.1 Å². The Balaban J connectivity index is 3.41. The highest BCUT2D eigenvalue weighted by atomic mass is 19.1. The van der Waals surface area contributed by atoms with Gasteiger partial charge in [-0.2, -0.15) is 10.5 Å². The predicted molar refractivity (Wildman–Crippen MR) is 56.3 cm³/mol. The van der Waals surface area contributed by atoms with Gasteiger partial charge in [-0.1, -0.05) is 0 Å². The summed E-state index contributed by atoms with van der Waals surface area (Å²) in [6.45, 7) is 13.4. The molecule has 0 aromatic heterocycles. The second kappa shape index (κ2) is 5.39. The minimum atomic E-state index is -1.44. The number of hydrogen-bond acceptors (Lipinski definition) is 2. The minimum absolute atomic E-state index is 0.393. The van der Waals surface area contributed by atoms with Crippen molar-refractivity contribution >= 4 is 0 Å². The molecule has 2 unspecified atom stereocenters. The molecule has 0 fully saturated rings. The molecule has 0 aliphatic carbocycles. The Hall–Kier alpha value is -2.96. The summed E-state index contributed by atoms with van der Waals surface area (Å²) in [6, 6.07) is 1.54. The van der Waals surface area contributed by atoms with E-state index in [1.54, 1.807) is 0 Å². The highest BCUT2D eigenvalue weighted by Gasteiger charge is 2.27. The smallest absolute Gasteiger partial charge is 0.292 e. The van der Waals surface area contributed by atoms with Crippen molar-refractivity contribution in [3.8, 4) is 12.1 Å². The van der Waals surface area contributed by atoms with E-state index < -0.39 is 34.8 Å². The van der Waals surface area contributed by atoms with Gasteiger partial charge in [-0.05, 0) is 12.1 Å². The van der Waals surface area contributed by atoms with Crippen LogP contribution in [0, 0.1) is 47.4 Å². The van der Waals surface area contributed by atoms with Crippen LogP contribution in [0.3, 0.4) is 0 Å². The number of benzene rings is 1. The first-order valence-electron chi connectivity index (χ1n) is 4.60. The fourth-order valence-electron chi connectivity index (χ4n) is 1.33. The Kier molecular flexibility index (Phi) is 3.93. The Bertz CT molecular complexity index is 554. The molecule has 0 amide bonds. The molecular weight excluding hydrogens is 238 g/mol. The lowest BCUT2D eigenvalue weighted by atomic mass is 10.0. The van der Waals surface area contributed by atoms with Crippen LogP contribution in [0.1, 0.15) is 23.2 Å². The molecule has 2 atom stereocenters. The second-order valence-corrected chi connectivity index (χ2v) is 3.22. The first kappa shape index (κ1) is 13.1. The van der Waals surface area contributed by atoms with Crippen LogP contribution in [0.15, 0.2) is 12.1 Å². The number of rotatable bonds is 2. The van der Waals surface area contributed by atoms with Crippen molar-refractivity contribution in [1.82, 2.24) is 0 Å². The van der Waals surface area contributed by atoms with E-state index in [1.165, 1.54) is 12.1 Å². The van der Waals surface area contributed by atoms with Crippen molar-refractivity contribution in [3.05, 3.63) is 57.7 Å². The van der Waals surface area contributed by atoms with Crippen LogP contribution < -0.4 is 0 Å². The minimum Gasteiger partial charge on any atom is -0.292 e. The molecule has 0 N–H and O–H groups in total. The summed E-state index contributed by atoms with van der Waals surface area (Å²) in [5, 5.41) is 17.2. The van der Waals surface area contributed by atoms with E-state index in [1.807, 2.05) is 0 Å². The summed E-state index contributed by atoms with van der Waals surface area (Å²) in [4.78, 5) is 5.70. The Morgan fingerprint density at radius 2 is 1.28 bits per heavy atom. The number of hydrogen-bond donors (Lipinski definition) is 0. The number of nitrogens with zero attached hydrogens (tertiary/aromatic N) is 4. The van der Waals surface area contributed by atoms with Crippen LogP contribution in [0.4, 0.5) is 8.78 Å². The van der Waals surface area contributed by atoms with Gasteiger partial charge in [0.25, 0.3) is 0 Å². The van der Waals surface area contributed by atoms with Gasteiger partial charge in [0, 0.05) is 0 Å². The SMILES string of the molecule is [C-]#[N+]C(C#N)c1cc(F)c(C(C#N)[N+]#[C-])cc1F. The fraction of sp³-hybridized carbons (Fsp3) is 0.167. The summed E-state index contributed by atoms with van der Waals surface area (Å²) in [5.41, 5.74) is -0.786. The van der Waals surface area contributed by atoms with Crippen molar-refractivity contribution in [2.45, 2.75) is 12.1 Å². The average molecular weight is 242 g/mol. The maximum absolute atomic E-state index is 13.6. The third kappa shape index (κ3) is 2.24. The van der Waals surface area contributed by atoms with Gasteiger partial charge in [0.15, 0.2) is 12.1 Å². The standard InChI is InChI=1S/C12H4F2N4/c1-17-11(5-15)7-3-10(14)8(4-9(7)13)12(6-16)18-2/h3-4,11-12H. The molecule has 0 saturated heterocycles. The van der Waals surface area contributed by atoms with Gasteiger partial charge in [0.1, 0.15) is 11.6 Å². The molecular formula is C12H4F2N4. The summed E-state index contributed by atoms with van der Waals surface area (Å²) < 4.78 is 27.2. The lowest BCUT2D eigenvalue weighted by Crippen LogP contribution is -2.02. The van der Waals surface area contributed by atoms with Crippen molar-refractivity contribution in [2.75, 3.05) is 0 Å². The molecule has 86 valence electrons. The van der Waals surface area contributed by atoms with Crippen molar-refractivity contribution in [3.63, 3.8) is 0 Å². The zero-order valence-corrected chi connectivity index (χ0v) is 8.85. The molecule has 0 aliphatic heterocycles. The number of nitriles is 2. The maximum Gasteiger partial charge on any atom is 0.335 e. The average Bonchev–Trinajstić information content (AvgIpc) is 2.37. The van der Waals surface area contributed by atoms with E-state index in [0.717, 1.165) is 0 Å². The summed E-state index contributed by atoms with van der Waals surface area (Å²) in [6.07, 6.45) is 0. The monoisotopic (exact) mass is 242 g/mol. The molecule has 0 radical (unpaired) electrons. The quantitative estimate of drug-likeness (QED) is 0.748. The van der Waals surface area contributed by atoms with Crippen LogP contribution in [0.2, 0.25) is 0 Å². The number of halogens is 2. The van der Waals surface area contributed by atoms with Gasteiger partial charge in [-0.3, -0.25) is 9.69 Å². The van der Waals surface area contributed by atoms with Gasteiger partial charge >= 0.3 is 12.1 Å². The highest BCUT2D eigenvalue weighted by Crippen LogP contribution is 2.27. The third-order valence-corrected chi connectivity index (χ3v) is 2.21. The predicted octanol–water partition coefficient (Wildman–Crippen LogP) is 2.93. The zero-order valence-electron chi connectivity index (χ0n) is 8.85. The molecule has 0 saturated carbocycles. The molecule has 6 heteroatoms. The van der Waals surface area contributed by atoms with E-state index in [9.17, 15) is 8.78 Å². The Morgan fingerprint density at radius 3 is 1.50 bits per heavy atom. The first-order valence-corrected chi connectivity index (χ1v) is 4.60. The van der Waals surface area contributed by atoms with Crippen LogP contribution in [0.5, 0.6) is 0 Å². The Labute approximate surface area is 102 Å². The zero-order chi connectivity index (χ0) is 13.7. The van der Waals surface area contributed by atoms with Crippen molar-refractivity contribution < 1.29 is 8.78 Å². The van der Waals surface area contributed by atoms with Crippen LogP contribution in [-0.4, -0.2) is 0 Å². The largest absolute Gasteiger partial charge is 0.335 e. The van der Waals surface area contributed by atoms with Crippen LogP contribution >= 0.6 is 0 Å². The summed E-state index contributed by atoms with van der Waals surface area (Å²) in [7, 11) is 0. The molecule has 0 aliphatic rings. The summed E-state index contributed by atoms with van der Waals surface area (Å²) in [5.74, 6) is -1.95. The van der Waals surface area contributed by atoms with E-state index in [2.05, 4.69) is 9.69 Å². The van der Waals surface area contributed by atoms with Crippen LogP contribution in [0.25, 0.3) is 9.69 Å². The molecule has 0 bridgehead atoms. The first-order chi connectivity index (χ1) is 8.58. The molecule has 0 heterocycles. The molecule has 1 rings (SSSR count). The highest BCUT2D eigenvalue weighted by molar-refractivity contribution is 5.37. The molecule has 18 heavy (non-hydrogen) atoms. The van der Waals surface area contributed by atoms with E-state index in [-0.39, 0.29) is 0 Å². The van der Waals surface area contributed by atoms with Gasteiger partial charge in [-0.15, -0.1) is 0 Å². The molecule has 1 aromatic carbocycles. The van der Waals surface area contributed by atoms with Gasteiger partial charge in [-0.25, -0.2) is 21.9 Å². The third-order valence-electron chi connectivity index (χ3n) is 2.21. The van der Waals surface area contributed by atoms with Crippen molar-refractivity contribution in [1.29, 1.82) is 10.5 Å². The van der Waals surface area contributed by atoms with Crippen LogP contribution in [-0.2, 0) is 0 Å². The second-order valence-electron chi connectivity index (χ2n) is 3.22. The lowest BCUT2D eigenvalue weighted by molar-refractivity contribution is 0.573. The topological polar surface area (TPSA) is 56.3 Å². The van der Waals surface area contributed by atoms with E-state index >= 15 is 0 Å². The Morgan fingerprint density at radius 1 is 0.944 bits per heavy atom. The normalized spacial score (nSPS) is 12.3. The molecule has 1 aromatic rings. The van der Waals surface area contributed by atoms with Gasteiger partial charge < -0.3 is 0 Å². The summed E-state index contributed by atoms with van der Waals surface area (Å²) >= 11 is 0. The van der Waals surface area contributed by atoms with E-state index in [4.69, 9.17) is 23.7 Å². The molecule has 0 spiro atoms. The lowest BCUT2D eigenvalue weighted by Gasteiger charge is -2.04. The fourth-order valence-corrected chi connectivity index (χ4v) is 1.33. The maximum atomic E-state index is 13.6. The van der Waals surface area contributed by atoms with Crippen molar-refractivity contribution in [2.24, 2.45) is 0 Å². The van der Waals surface area contributed by atoms with Gasteiger partial charge in [0.05, 0.1) is 11.1 Å².